The van der Waals surface area contributed by atoms with Gasteiger partial charge in [-0.05, 0) is 12.8 Å². The lowest BCUT2D eigenvalue weighted by Gasteiger charge is -2.19. The van der Waals surface area contributed by atoms with Crippen molar-refractivity contribution in [3.05, 3.63) is 18.0 Å². The normalized spacial score (nSPS) is 17.8. The molecule has 19 heavy (non-hydrogen) atoms. The third kappa shape index (κ3) is 1.94. The van der Waals surface area contributed by atoms with Crippen molar-refractivity contribution in [1.29, 1.82) is 0 Å². The largest absolute Gasteiger partial charge is 0.493 e. The Kier molecular flexibility index (Phi) is 2.86. The van der Waals surface area contributed by atoms with Crippen molar-refractivity contribution in [2.24, 2.45) is 5.73 Å². The van der Waals surface area contributed by atoms with Gasteiger partial charge >= 0.3 is 0 Å². The molecule has 0 saturated heterocycles. The molecule has 1 heterocycles. The Morgan fingerprint density at radius 1 is 1.16 bits per heavy atom. The Hall–Kier alpha value is -1.75. The Bertz CT molecular complexity index is 559. The summed E-state index contributed by atoms with van der Waals surface area (Å²) in [5.74, 6) is 2.25. The predicted octanol–water partition coefficient (Wildman–Crippen LogP) is 2.31. The minimum atomic E-state index is -0.306. The number of aromatic amines is 1. The number of methoxy groups -OCH3 is 2. The summed E-state index contributed by atoms with van der Waals surface area (Å²) in [6, 6.07) is 3.79. The molecule has 0 unspecified atom stereocenters. The first kappa shape index (κ1) is 12.3. The van der Waals surface area contributed by atoms with Crippen LogP contribution in [0.25, 0.3) is 11.0 Å². The first-order chi connectivity index (χ1) is 9.16. The topological polar surface area (TPSA) is 73.2 Å². The number of hydrogen-bond acceptors (Lipinski definition) is 4. The molecule has 1 saturated carbocycles. The smallest absolute Gasteiger partial charge is 0.163 e. The summed E-state index contributed by atoms with van der Waals surface area (Å²) in [5.41, 5.74) is 7.92. The summed E-state index contributed by atoms with van der Waals surface area (Å²) in [4.78, 5) is 7.97. The van der Waals surface area contributed by atoms with Gasteiger partial charge in [0.05, 0.1) is 30.8 Å². The van der Waals surface area contributed by atoms with Crippen LogP contribution in [0.15, 0.2) is 12.1 Å². The van der Waals surface area contributed by atoms with Crippen LogP contribution in [0.3, 0.4) is 0 Å². The number of imidazole rings is 1. The molecule has 0 amide bonds. The molecule has 1 aromatic heterocycles. The van der Waals surface area contributed by atoms with Crippen molar-refractivity contribution >= 4 is 11.0 Å². The van der Waals surface area contributed by atoms with Crippen molar-refractivity contribution in [2.75, 3.05) is 14.2 Å². The molecule has 5 heteroatoms. The molecule has 102 valence electrons. The van der Waals surface area contributed by atoms with Crippen molar-refractivity contribution in [3.63, 3.8) is 0 Å². The minimum absolute atomic E-state index is 0.306. The number of benzene rings is 1. The summed E-state index contributed by atoms with van der Waals surface area (Å²) in [7, 11) is 3.25. The zero-order valence-electron chi connectivity index (χ0n) is 11.3. The maximum absolute atomic E-state index is 6.43. The van der Waals surface area contributed by atoms with E-state index in [2.05, 4.69) is 9.97 Å². The van der Waals surface area contributed by atoms with Crippen LogP contribution in [-0.2, 0) is 5.54 Å². The summed E-state index contributed by atoms with van der Waals surface area (Å²) in [5, 5.41) is 0. The standard InChI is InChI=1S/C14H19N3O2/c1-18-11-7-9-10(8-12(11)19-2)17-13(16-9)14(15)5-3-4-6-14/h7-8H,3-6,15H2,1-2H3,(H,16,17). The van der Waals surface area contributed by atoms with E-state index in [0.29, 0.717) is 11.5 Å². The van der Waals surface area contributed by atoms with Gasteiger partial charge in [0.2, 0.25) is 0 Å². The second-order valence-electron chi connectivity index (χ2n) is 5.17. The monoisotopic (exact) mass is 261 g/mol. The Morgan fingerprint density at radius 2 is 1.79 bits per heavy atom. The molecule has 1 aliphatic carbocycles. The van der Waals surface area contributed by atoms with E-state index in [4.69, 9.17) is 15.2 Å². The second kappa shape index (κ2) is 4.42. The molecule has 0 spiro atoms. The van der Waals surface area contributed by atoms with Crippen LogP contribution >= 0.6 is 0 Å². The fourth-order valence-corrected chi connectivity index (χ4v) is 2.82. The second-order valence-corrected chi connectivity index (χ2v) is 5.17. The first-order valence-corrected chi connectivity index (χ1v) is 6.57. The summed E-state index contributed by atoms with van der Waals surface area (Å²) < 4.78 is 10.6. The molecule has 1 aliphatic rings. The molecule has 0 aliphatic heterocycles. The summed E-state index contributed by atoms with van der Waals surface area (Å²) in [6.07, 6.45) is 4.31. The molecule has 3 N–H and O–H groups in total. The van der Waals surface area contributed by atoms with E-state index in [-0.39, 0.29) is 5.54 Å². The van der Waals surface area contributed by atoms with E-state index in [1.807, 2.05) is 12.1 Å². The Morgan fingerprint density at radius 3 is 2.42 bits per heavy atom. The molecule has 1 aromatic carbocycles. The summed E-state index contributed by atoms with van der Waals surface area (Å²) >= 11 is 0. The van der Waals surface area contributed by atoms with Crippen molar-refractivity contribution in [1.82, 2.24) is 9.97 Å². The lowest BCUT2D eigenvalue weighted by atomic mass is 9.99. The average molecular weight is 261 g/mol. The Balaban J connectivity index is 2.10. The number of rotatable bonds is 3. The van der Waals surface area contributed by atoms with Crippen LogP contribution in [-0.4, -0.2) is 24.2 Å². The van der Waals surface area contributed by atoms with Crippen LogP contribution in [0.1, 0.15) is 31.5 Å². The Labute approximate surface area is 112 Å². The molecular weight excluding hydrogens is 242 g/mol. The van der Waals surface area contributed by atoms with Crippen LogP contribution in [0, 0.1) is 0 Å². The highest BCUT2D eigenvalue weighted by Gasteiger charge is 2.34. The van der Waals surface area contributed by atoms with E-state index >= 15 is 0 Å². The maximum Gasteiger partial charge on any atom is 0.163 e. The van der Waals surface area contributed by atoms with Gasteiger partial charge < -0.3 is 20.2 Å². The minimum Gasteiger partial charge on any atom is -0.493 e. The molecular formula is C14H19N3O2. The number of nitrogens with two attached hydrogens (primary N) is 1. The quantitative estimate of drug-likeness (QED) is 0.889. The number of hydrogen-bond donors (Lipinski definition) is 2. The van der Waals surface area contributed by atoms with Gasteiger partial charge in [-0.3, -0.25) is 0 Å². The van der Waals surface area contributed by atoms with Gasteiger partial charge in [-0.25, -0.2) is 4.98 Å². The van der Waals surface area contributed by atoms with Crippen molar-refractivity contribution < 1.29 is 9.47 Å². The van der Waals surface area contributed by atoms with E-state index in [9.17, 15) is 0 Å². The van der Waals surface area contributed by atoms with E-state index < -0.39 is 0 Å². The highest BCUT2D eigenvalue weighted by Crippen LogP contribution is 2.37. The lowest BCUT2D eigenvalue weighted by molar-refractivity contribution is 0.356. The van der Waals surface area contributed by atoms with E-state index in [0.717, 1.165) is 29.7 Å². The molecule has 5 nitrogen and oxygen atoms in total. The SMILES string of the molecule is COc1cc2nc(C3(N)CCCC3)[nH]c2cc1OC. The highest BCUT2D eigenvalue weighted by molar-refractivity contribution is 5.80. The van der Waals surface area contributed by atoms with E-state index in [1.54, 1.807) is 14.2 Å². The number of ether oxygens (including phenoxy) is 2. The molecule has 0 atom stereocenters. The lowest BCUT2D eigenvalue weighted by Crippen LogP contribution is -2.34. The van der Waals surface area contributed by atoms with Crippen molar-refractivity contribution in [3.8, 4) is 11.5 Å². The predicted molar refractivity (Wildman–Crippen MR) is 73.5 cm³/mol. The number of nitrogens with zero attached hydrogens (tertiary/aromatic N) is 1. The number of fused-ring (bicyclic) bond motifs is 1. The molecule has 2 aromatic rings. The van der Waals surface area contributed by atoms with Crippen LogP contribution < -0.4 is 15.2 Å². The number of aromatic nitrogens is 2. The number of H-pyrrole nitrogens is 1. The fraction of sp³-hybridized carbons (Fsp3) is 0.500. The molecule has 1 fully saturated rings. The summed E-state index contributed by atoms with van der Waals surface area (Å²) in [6.45, 7) is 0. The van der Waals surface area contributed by atoms with Gasteiger partial charge in [0.25, 0.3) is 0 Å². The highest BCUT2D eigenvalue weighted by atomic mass is 16.5. The van der Waals surface area contributed by atoms with Crippen LogP contribution in [0.2, 0.25) is 0 Å². The fourth-order valence-electron chi connectivity index (χ4n) is 2.82. The number of nitrogens with one attached hydrogen (secondary N) is 1. The zero-order chi connectivity index (χ0) is 13.5. The molecule has 3 rings (SSSR count). The molecule has 0 radical (unpaired) electrons. The van der Waals surface area contributed by atoms with Crippen LogP contribution in [0.4, 0.5) is 0 Å². The van der Waals surface area contributed by atoms with E-state index in [1.165, 1.54) is 12.8 Å². The van der Waals surface area contributed by atoms with Gasteiger partial charge in [-0.1, -0.05) is 12.8 Å². The van der Waals surface area contributed by atoms with Gasteiger partial charge in [-0.2, -0.15) is 0 Å². The van der Waals surface area contributed by atoms with Crippen molar-refractivity contribution in [2.45, 2.75) is 31.2 Å². The van der Waals surface area contributed by atoms with Gasteiger partial charge in [0.15, 0.2) is 11.5 Å². The maximum atomic E-state index is 6.43. The van der Waals surface area contributed by atoms with Gasteiger partial charge in [0.1, 0.15) is 5.82 Å². The average Bonchev–Trinajstić information content (AvgIpc) is 3.03. The third-order valence-corrected chi connectivity index (χ3v) is 3.95. The van der Waals surface area contributed by atoms with Gasteiger partial charge in [0, 0.05) is 12.1 Å². The van der Waals surface area contributed by atoms with Crippen LogP contribution in [0.5, 0.6) is 11.5 Å². The third-order valence-electron chi connectivity index (χ3n) is 3.95. The first-order valence-electron chi connectivity index (χ1n) is 6.57. The molecule has 0 bridgehead atoms. The zero-order valence-corrected chi connectivity index (χ0v) is 11.3. The van der Waals surface area contributed by atoms with Gasteiger partial charge in [-0.15, -0.1) is 0 Å².